The van der Waals surface area contributed by atoms with Gasteiger partial charge < -0.3 is 10.6 Å². The predicted molar refractivity (Wildman–Crippen MR) is 80.0 cm³/mol. The molecule has 3 rings (SSSR count). The number of hydrogen-bond donors (Lipinski definition) is 1. The van der Waals surface area contributed by atoms with Crippen LogP contribution in [0, 0.1) is 0 Å². The zero-order chi connectivity index (χ0) is 13.2. The molecule has 0 amide bonds. The highest BCUT2D eigenvalue weighted by atomic mass is 79.9. The third-order valence-corrected chi connectivity index (χ3v) is 3.80. The monoisotopic (exact) mass is 318 g/mol. The lowest BCUT2D eigenvalue weighted by Crippen LogP contribution is -2.27. The van der Waals surface area contributed by atoms with Crippen LogP contribution in [0.2, 0.25) is 0 Å². The molecule has 0 radical (unpaired) electrons. The van der Waals surface area contributed by atoms with Gasteiger partial charge in [0.2, 0.25) is 5.95 Å². The Morgan fingerprint density at radius 2 is 2.00 bits per heavy atom. The summed E-state index contributed by atoms with van der Waals surface area (Å²) in [5.41, 5.74) is 8.03. The molecule has 1 atom stereocenters. The summed E-state index contributed by atoms with van der Waals surface area (Å²) in [5.74, 6) is 0.770. The highest BCUT2D eigenvalue weighted by Crippen LogP contribution is 2.23. The molecule has 1 unspecified atom stereocenters. The molecule has 1 saturated heterocycles. The van der Waals surface area contributed by atoms with Crippen molar-refractivity contribution in [3.05, 3.63) is 41.1 Å². The van der Waals surface area contributed by atoms with E-state index in [9.17, 15) is 0 Å². The molecule has 0 spiro atoms. The standard InChI is InChI=1S/C14H15BrN4/c15-12-3-1-2-10(6-12)11-7-17-14(18-8-11)19-5-4-13(16)9-19/h1-3,6-8,13H,4-5,9,16H2. The molecule has 1 aromatic carbocycles. The third-order valence-electron chi connectivity index (χ3n) is 3.30. The Balaban J connectivity index is 1.83. The van der Waals surface area contributed by atoms with Crippen molar-refractivity contribution in [2.45, 2.75) is 12.5 Å². The van der Waals surface area contributed by atoms with Crippen molar-refractivity contribution in [3.63, 3.8) is 0 Å². The average molecular weight is 319 g/mol. The first-order valence-corrected chi connectivity index (χ1v) is 7.10. The van der Waals surface area contributed by atoms with E-state index in [1.807, 2.05) is 24.5 Å². The van der Waals surface area contributed by atoms with Crippen molar-refractivity contribution < 1.29 is 0 Å². The van der Waals surface area contributed by atoms with E-state index >= 15 is 0 Å². The van der Waals surface area contributed by atoms with E-state index in [1.54, 1.807) is 0 Å². The first-order valence-electron chi connectivity index (χ1n) is 6.31. The maximum absolute atomic E-state index is 5.90. The molecule has 0 bridgehead atoms. The zero-order valence-corrected chi connectivity index (χ0v) is 12.0. The first-order chi connectivity index (χ1) is 9.22. The summed E-state index contributed by atoms with van der Waals surface area (Å²) in [6.45, 7) is 1.79. The second-order valence-electron chi connectivity index (χ2n) is 4.78. The minimum atomic E-state index is 0.244. The number of nitrogens with two attached hydrogens (primary N) is 1. The Morgan fingerprint density at radius 1 is 1.21 bits per heavy atom. The SMILES string of the molecule is NC1CCN(c2ncc(-c3cccc(Br)c3)cn2)C1. The van der Waals surface area contributed by atoms with Crippen LogP contribution in [0.25, 0.3) is 11.1 Å². The molecule has 2 aromatic rings. The van der Waals surface area contributed by atoms with Crippen molar-refractivity contribution in [2.75, 3.05) is 18.0 Å². The topological polar surface area (TPSA) is 55.0 Å². The molecule has 1 aliphatic heterocycles. The lowest BCUT2D eigenvalue weighted by atomic mass is 10.1. The Labute approximate surface area is 120 Å². The van der Waals surface area contributed by atoms with Gasteiger partial charge in [-0.15, -0.1) is 0 Å². The van der Waals surface area contributed by atoms with E-state index in [2.05, 4.69) is 42.9 Å². The van der Waals surface area contributed by atoms with Crippen LogP contribution in [0.15, 0.2) is 41.1 Å². The van der Waals surface area contributed by atoms with Gasteiger partial charge in [-0.05, 0) is 24.1 Å². The van der Waals surface area contributed by atoms with Crippen LogP contribution in [0.3, 0.4) is 0 Å². The molecule has 98 valence electrons. The lowest BCUT2D eigenvalue weighted by Gasteiger charge is -2.15. The molecule has 2 N–H and O–H groups in total. The smallest absolute Gasteiger partial charge is 0.225 e. The Hall–Kier alpha value is -1.46. The maximum Gasteiger partial charge on any atom is 0.225 e. The molecule has 1 aromatic heterocycles. The Kier molecular flexibility index (Phi) is 3.48. The van der Waals surface area contributed by atoms with Crippen molar-refractivity contribution >= 4 is 21.9 Å². The summed E-state index contributed by atoms with van der Waals surface area (Å²) >= 11 is 3.47. The van der Waals surface area contributed by atoms with E-state index in [-0.39, 0.29) is 6.04 Å². The van der Waals surface area contributed by atoms with Crippen molar-refractivity contribution in [1.82, 2.24) is 9.97 Å². The fraction of sp³-hybridized carbons (Fsp3) is 0.286. The molecular formula is C14H15BrN4. The Morgan fingerprint density at radius 3 is 2.63 bits per heavy atom. The van der Waals surface area contributed by atoms with E-state index in [0.717, 1.165) is 41.1 Å². The number of nitrogens with zero attached hydrogens (tertiary/aromatic N) is 3. The molecular weight excluding hydrogens is 304 g/mol. The van der Waals surface area contributed by atoms with E-state index < -0.39 is 0 Å². The van der Waals surface area contributed by atoms with Gasteiger partial charge in [0.15, 0.2) is 0 Å². The quantitative estimate of drug-likeness (QED) is 0.924. The number of rotatable bonds is 2. The molecule has 19 heavy (non-hydrogen) atoms. The van der Waals surface area contributed by atoms with Gasteiger partial charge in [0.1, 0.15) is 0 Å². The number of benzene rings is 1. The number of anilines is 1. The molecule has 0 saturated carbocycles. The summed E-state index contributed by atoms with van der Waals surface area (Å²) in [6.07, 6.45) is 4.75. The van der Waals surface area contributed by atoms with Gasteiger partial charge in [0, 0.05) is 41.6 Å². The van der Waals surface area contributed by atoms with E-state index in [1.165, 1.54) is 0 Å². The number of hydrogen-bond acceptors (Lipinski definition) is 4. The molecule has 1 fully saturated rings. The van der Waals surface area contributed by atoms with Crippen LogP contribution in [-0.4, -0.2) is 29.1 Å². The summed E-state index contributed by atoms with van der Waals surface area (Å²) in [6, 6.07) is 8.37. The fourth-order valence-corrected chi connectivity index (χ4v) is 2.67. The molecule has 0 aliphatic carbocycles. The van der Waals surface area contributed by atoms with Gasteiger partial charge in [-0.2, -0.15) is 0 Å². The molecule has 2 heterocycles. The summed E-state index contributed by atoms with van der Waals surface area (Å²) in [5, 5.41) is 0. The van der Waals surface area contributed by atoms with Gasteiger partial charge >= 0.3 is 0 Å². The van der Waals surface area contributed by atoms with E-state index in [0.29, 0.717) is 0 Å². The second kappa shape index (κ2) is 5.27. The molecule has 5 heteroatoms. The fourth-order valence-electron chi connectivity index (χ4n) is 2.27. The van der Waals surface area contributed by atoms with E-state index in [4.69, 9.17) is 5.73 Å². The maximum atomic E-state index is 5.90. The second-order valence-corrected chi connectivity index (χ2v) is 5.69. The van der Waals surface area contributed by atoms with Gasteiger partial charge in [-0.25, -0.2) is 9.97 Å². The van der Waals surface area contributed by atoms with Crippen molar-refractivity contribution in [1.29, 1.82) is 0 Å². The highest BCUT2D eigenvalue weighted by Gasteiger charge is 2.20. The minimum absolute atomic E-state index is 0.244. The van der Waals surface area contributed by atoms with Crippen LogP contribution in [0.5, 0.6) is 0 Å². The zero-order valence-electron chi connectivity index (χ0n) is 10.5. The minimum Gasteiger partial charge on any atom is -0.339 e. The van der Waals surface area contributed by atoms with Crippen LogP contribution in [0.4, 0.5) is 5.95 Å². The van der Waals surface area contributed by atoms with Gasteiger partial charge in [-0.3, -0.25) is 0 Å². The largest absolute Gasteiger partial charge is 0.339 e. The predicted octanol–water partition coefficient (Wildman–Crippen LogP) is 2.44. The number of halogens is 1. The first kappa shape index (κ1) is 12.6. The van der Waals surface area contributed by atoms with Gasteiger partial charge in [-0.1, -0.05) is 28.1 Å². The average Bonchev–Trinajstić information content (AvgIpc) is 2.86. The molecule has 4 nitrogen and oxygen atoms in total. The molecule has 1 aliphatic rings. The third kappa shape index (κ3) is 2.77. The Bertz CT molecular complexity index is 570. The van der Waals surface area contributed by atoms with Crippen LogP contribution >= 0.6 is 15.9 Å². The van der Waals surface area contributed by atoms with Crippen molar-refractivity contribution in [2.24, 2.45) is 5.73 Å². The lowest BCUT2D eigenvalue weighted by molar-refractivity contribution is 0.750. The van der Waals surface area contributed by atoms with Gasteiger partial charge in [0.25, 0.3) is 0 Å². The van der Waals surface area contributed by atoms with Crippen LogP contribution in [0.1, 0.15) is 6.42 Å². The van der Waals surface area contributed by atoms with Gasteiger partial charge in [0.05, 0.1) is 0 Å². The van der Waals surface area contributed by atoms with Crippen LogP contribution in [-0.2, 0) is 0 Å². The van der Waals surface area contributed by atoms with Crippen molar-refractivity contribution in [3.8, 4) is 11.1 Å². The highest BCUT2D eigenvalue weighted by molar-refractivity contribution is 9.10. The summed E-state index contributed by atoms with van der Waals surface area (Å²) < 4.78 is 1.06. The normalized spacial score (nSPS) is 18.8. The number of aromatic nitrogens is 2. The summed E-state index contributed by atoms with van der Waals surface area (Å²) in [4.78, 5) is 11.0. The van der Waals surface area contributed by atoms with Crippen LogP contribution < -0.4 is 10.6 Å². The summed E-state index contributed by atoms with van der Waals surface area (Å²) in [7, 11) is 0.